The summed E-state index contributed by atoms with van der Waals surface area (Å²) >= 11 is 1.67. The number of benzene rings is 1. The van der Waals surface area contributed by atoms with Crippen LogP contribution in [0.2, 0.25) is 0 Å². The fourth-order valence-corrected chi connectivity index (χ4v) is 4.68. The summed E-state index contributed by atoms with van der Waals surface area (Å²) in [5.74, 6) is 3.34. The lowest BCUT2D eigenvalue weighted by Crippen LogP contribution is -2.39. The van der Waals surface area contributed by atoms with Crippen LogP contribution >= 0.6 is 11.3 Å². The molecule has 0 amide bonds. The fourth-order valence-electron chi connectivity index (χ4n) is 3.70. The van der Waals surface area contributed by atoms with Crippen LogP contribution in [0.1, 0.15) is 30.5 Å². The van der Waals surface area contributed by atoms with Crippen molar-refractivity contribution in [3.8, 4) is 11.1 Å². The number of morpholine rings is 1. The van der Waals surface area contributed by atoms with Gasteiger partial charge in [-0.2, -0.15) is 5.10 Å². The minimum atomic E-state index is -0.176. The van der Waals surface area contributed by atoms with E-state index < -0.39 is 0 Å². The number of hydrogen-bond donors (Lipinski definition) is 1. The normalized spacial score (nSPS) is 17.2. The van der Waals surface area contributed by atoms with E-state index >= 15 is 0 Å². The standard InChI is InChI=1S/C21H22N6OS/c1-3-17-24-19(26-25-17)16-11-27(9-10-28-16)20-18-15(14-7-5-4-6-8-14)12-29-21(18)23-13(2)22-20/h4-8,12,16H,3,9-11H2,1-2H3,(H,24,25,26). The molecule has 1 unspecified atom stereocenters. The Bertz CT molecular complexity index is 1140. The highest BCUT2D eigenvalue weighted by Crippen LogP contribution is 2.39. The van der Waals surface area contributed by atoms with Gasteiger partial charge in [-0.05, 0) is 12.5 Å². The summed E-state index contributed by atoms with van der Waals surface area (Å²) in [5.41, 5.74) is 2.36. The molecule has 1 N–H and O–H groups in total. The van der Waals surface area contributed by atoms with Gasteiger partial charge in [-0.25, -0.2) is 15.0 Å². The first-order chi connectivity index (χ1) is 14.2. The van der Waals surface area contributed by atoms with E-state index in [0.29, 0.717) is 19.0 Å². The van der Waals surface area contributed by atoms with E-state index in [9.17, 15) is 0 Å². The van der Waals surface area contributed by atoms with Gasteiger partial charge in [-0.3, -0.25) is 5.10 Å². The van der Waals surface area contributed by atoms with E-state index in [1.165, 1.54) is 11.1 Å². The zero-order valence-corrected chi connectivity index (χ0v) is 17.2. The molecule has 5 rings (SSSR count). The number of rotatable bonds is 4. The van der Waals surface area contributed by atoms with Gasteiger partial charge in [-0.1, -0.05) is 37.3 Å². The molecule has 1 fully saturated rings. The van der Waals surface area contributed by atoms with E-state index in [4.69, 9.17) is 9.72 Å². The summed E-state index contributed by atoms with van der Waals surface area (Å²) in [6, 6.07) is 10.4. The first kappa shape index (κ1) is 18.2. The number of anilines is 1. The van der Waals surface area contributed by atoms with Crippen molar-refractivity contribution in [2.24, 2.45) is 0 Å². The van der Waals surface area contributed by atoms with Gasteiger partial charge in [0.25, 0.3) is 0 Å². The number of aryl methyl sites for hydroxylation is 2. The molecule has 0 saturated carbocycles. The number of H-pyrrole nitrogens is 1. The Hall–Kier alpha value is -2.84. The number of ether oxygens (including phenoxy) is 1. The maximum atomic E-state index is 5.98. The number of nitrogens with one attached hydrogen (secondary N) is 1. The Labute approximate surface area is 172 Å². The minimum Gasteiger partial charge on any atom is -0.366 e. The quantitative estimate of drug-likeness (QED) is 0.553. The van der Waals surface area contributed by atoms with Crippen molar-refractivity contribution in [3.63, 3.8) is 0 Å². The lowest BCUT2D eigenvalue weighted by Gasteiger charge is -2.33. The van der Waals surface area contributed by atoms with Crippen LogP contribution in [-0.2, 0) is 11.2 Å². The third-order valence-electron chi connectivity index (χ3n) is 5.15. The number of fused-ring (bicyclic) bond motifs is 1. The first-order valence-electron chi connectivity index (χ1n) is 9.82. The van der Waals surface area contributed by atoms with Gasteiger partial charge in [-0.15, -0.1) is 11.3 Å². The molecule has 0 radical (unpaired) electrons. The van der Waals surface area contributed by atoms with Gasteiger partial charge >= 0.3 is 0 Å². The van der Waals surface area contributed by atoms with Crippen LogP contribution in [0.15, 0.2) is 35.7 Å². The van der Waals surface area contributed by atoms with Gasteiger partial charge in [0.2, 0.25) is 0 Å². The second kappa shape index (κ2) is 7.53. The Morgan fingerprint density at radius 2 is 2.07 bits per heavy atom. The molecule has 1 aliphatic heterocycles. The summed E-state index contributed by atoms with van der Waals surface area (Å²) < 4.78 is 5.98. The Balaban J connectivity index is 1.56. The molecule has 4 heterocycles. The smallest absolute Gasteiger partial charge is 0.181 e. The molecule has 4 aromatic rings. The van der Waals surface area contributed by atoms with Gasteiger partial charge in [0, 0.05) is 23.9 Å². The van der Waals surface area contributed by atoms with Crippen LogP contribution < -0.4 is 4.90 Å². The predicted molar refractivity (Wildman–Crippen MR) is 114 cm³/mol. The number of hydrogen-bond acceptors (Lipinski definition) is 7. The molecular formula is C21H22N6OS. The van der Waals surface area contributed by atoms with Crippen molar-refractivity contribution in [1.82, 2.24) is 25.1 Å². The highest BCUT2D eigenvalue weighted by Gasteiger charge is 2.28. The van der Waals surface area contributed by atoms with Gasteiger partial charge in [0.15, 0.2) is 5.82 Å². The zero-order valence-electron chi connectivity index (χ0n) is 16.4. The second-order valence-corrected chi connectivity index (χ2v) is 7.95. The Morgan fingerprint density at radius 3 is 2.86 bits per heavy atom. The Morgan fingerprint density at radius 1 is 1.21 bits per heavy atom. The van der Waals surface area contributed by atoms with E-state index in [2.05, 4.69) is 61.6 Å². The SMILES string of the molecule is CCc1nc(C2CN(c3nc(C)nc4scc(-c5ccccc5)c34)CCO2)n[nH]1. The van der Waals surface area contributed by atoms with Gasteiger partial charge in [0.05, 0.1) is 18.5 Å². The van der Waals surface area contributed by atoms with E-state index in [0.717, 1.165) is 40.6 Å². The van der Waals surface area contributed by atoms with Crippen molar-refractivity contribution in [1.29, 1.82) is 0 Å². The molecule has 148 valence electrons. The summed E-state index contributed by atoms with van der Waals surface area (Å²) in [6.07, 6.45) is 0.647. The largest absolute Gasteiger partial charge is 0.366 e. The highest BCUT2D eigenvalue weighted by molar-refractivity contribution is 7.17. The molecule has 1 atom stereocenters. The van der Waals surface area contributed by atoms with Crippen molar-refractivity contribution < 1.29 is 4.74 Å². The van der Waals surface area contributed by atoms with Crippen LogP contribution in [0, 0.1) is 6.92 Å². The maximum absolute atomic E-state index is 5.98. The average molecular weight is 407 g/mol. The molecule has 0 spiro atoms. The van der Waals surface area contributed by atoms with E-state index in [1.54, 1.807) is 11.3 Å². The average Bonchev–Trinajstić information content (AvgIpc) is 3.41. The number of thiophene rings is 1. The number of nitrogens with zero attached hydrogens (tertiary/aromatic N) is 5. The van der Waals surface area contributed by atoms with Gasteiger partial charge in [0.1, 0.15) is 28.4 Å². The summed E-state index contributed by atoms with van der Waals surface area (Å²) in [4.78, 5) is 17.4. The molecule has 0 bridgehead atoms. The zero-order chi connectivity index (χ0) is 19.8. The molecule has 0 aliphatic carbocycles. The maximum Gasteiger partial charge on any atom is 0.181 e. The van der Waals surface area contributed by atoms with Crippen molar-refractivity contribution in [2.45, 2.75) is 26.4 Å². The van der Waals surface area contributed by atoms with Crippen molar-refractivity contribution in [3.05, 3.63) is 53.2 Å². The summed E-state index contributed by atoms with van der Waals surface area (Å²) in [6.45, 7) is 6.05. The van der Waals surface area contributed by atoms with Crippen LogP contribution in [-0.4, -0.2) is 44.8 Å². The monoisotopic (exact) mass is 406 g/mol. The predicted octanol–water partition coefficient (Wildman–Crippen LogP) is 3.93. The highest BCUT2D eigenvalue weighted by atomic mass is 32.1. The third-order valence-corrected chi connectivity index (χ3v) is 6.02. The molecule has 8 heteroatoms. The molecule has 29 heavy (non-hydrogen) atoms. The summed E-state index contributed by atoms with van der Waals surface area (Å²) in [7, 11) is 0. The molecule has 3 aromatic heterocycles. The Kier molecular flexibility index (Phi) is 4.73. The van der Waals surface area contributed by atoms with Crippen LogP contribution in [0.25, 0.3) is 21.3 Å². The van der Waals surface area contributed by atoms with Gasteiger partial charge < -0.3 is 9.64 Å². The minimum absolute atomic E-state index is 0.176. The molecule has 1 aromatic carbocycles. The molecular weight excluding hydrogens is 384 g/mol. The molecule has 7 nitrogen and oxygen atoms in total. The molecule has 1 saturated heterocycles. The third kappa shape index (κ3) is 3.38. The lowest BCUT2D eigenvalue weighted by atomic mass is 10.1. The fraction of sp³-hybridized carbons (Fsp3) is 0.333. The first-order valence-corrected chi connectivity index (χ1v) is 10.7. The second-order valence-electron chi connectivity index (χ2n) is 7.09. The lowest BCUT2D eigenvalue weighted by molar-refractivity contribution is 0.0340. The number of aromatic amines is 1. The van der Waals surface area contributed by atoms with Crippen LogP contribution in [0.5, 0.6) is 0 Å². The van der Waals surface area contributed by atoms with E-state index in [1.807, 2.05) is 13.0 Å². The van der Waals surface area contributed by atoms with E-state index in [-0.39, 0.29) is 6.10 Å². The summed E-state index contributed by atoms with van der Waals surface area (Å²) in [5, 5.41) is 10.6. The number of aromatic nitrogens is 5. The van der Waals surface area contributed by atoms with Crippen LogP contribution in [0.3, 0.4) is 0 Å². The molecule has 1 aliphatic rings. The van der Waals surface area contributed by atoms with Crippen molar-refractivity contribution in [2.75, 3.05) is 24.6 Å². The van der Waals surface area contributed by atoms with Crippen molar-refractivity contribution >= 4 is 27.4 Å². The topological polar surface area (TPSA) is 79.8 Å². The van der Waals surface area contributed by atoms with Crippen LogP contribution in [0.4, 0.5) is 5.82 Å².